The van der Waals surface area contributed by atoms with Crippen LogP contribution in [0.15, 0.2) is 24.3 Å². The predicted octanol–water partition coefficient (Wildman–Crippen LogP) is 1.78. The Morgan fingerprint density at radius 2 is 1.74 bits per heavy atom. The Bertz CT molecular complexity index is 731. The summed E-state index contributed by atoms with van der Waals surface area (Å²) in [6.45, 7) is 7.54. The Hall–Kier alpha value is -1.29. The number of carboxylic acid groups (broad SMARTS) is 1. The van der Waals surface area contributed by atoms with E-state index >= 15 is 0 Å². The summed E-state index contributed by atoms with van der Waals surface area (Å²) >= 11 is 0. The molecule has 7 nitrogen and oxygen atoms in total. The summed E-state index contributed by atoms with van der Waals surface area (Å²) in [7, 11) is -4.49. The molecule has 0 fully saturated rings. The van der Waals surface area contributed by atoms with Crippen molar-refractivity contribution >= 4 is 27.0 Å². The van der Waals surface area contributed by atoms with Crippen LogP contribution in [0.3, 0.4) is 0 Å². The second kappa shape index (κ2) is 10.9. The molecular weight excluding hydrogens is 388 g/mol. The van der Waals surface area contributed by atoms with E-state index in [9.17, 15) is 17.4 Å². The van der Waals surface area contributed by atoms with Crippen molar-refractivity contribution in [1.82, 2.24) is 9.44 Å². The van der Waals surface area contributed by atoms with Gasteiger partial charge in [-0.3, -0.25) is 4.79 Å². The molecule has 2 atom stereocenters. The van der Waals surface area contributed by atoms with Crippen molar-refractivity contribution in [2.45, 2.75) is 57.0 Å². The number of nitrogens with one attached hydrogen (secondary N) is 2. The smallest absolute Gasteiger partial charge is 0.304 e. The van der Waals surface area contributed by atoms with Crippen molar-refractivity contribution in [2.24, 2.45) is 0 Å². The largest absolute Gasteiger partial charge is 0.481 e. The highest BCUT2D eigenvalue weighted by atomic mass is 32.2. The van der Waals surface area contributed by atoms with Crippen molar-refractivity contribution in [2.75, 3.05) is 13.1 Å². The number of carbonyl (C=O) groups is 1. The zero-order valence-electron chi connectivity index (χ0n) is 16.3. The number of benzene rings is 1. The van der Waals surface area contributed by atoms with E-state index in [0.717, 1.165) is 11.1 Å². The quantitative estimate of drug-likeness (QED) is 0.479. The summed E-state index contributed by atoms with van der Waals surface area (Å²) in [6, 6.07) is 7.43. The number of rotatable bonds is 12. The maximum atomic E-state index is 11.9. The Kier molecular flexibility index (Phi) is 9.58. The Morgan fingerprint density at radius 1 is 1.15 bits per heavy atom. The number of hydrogen-bond donors (Lipinski definition) is 3. The van der Waals surface area contributed by atoms with Gasteiger partial charge in [-0.15, -0.1) is 0 Å². The maximum Gasteiger partial charge on any atom is 0.304 e. The van der Waals surface area contributed by atoms with Crippen LogP contribution in [0.1, 0.15) is 51.2 Å². The Balaban J connectivity index is 2.71. The molecular formula is C18H30N2O5S2. The van der Waals surface area contributed by atoms with Crippen LogP contribution in [-0.2, 0) is 32.2 Å². The molecule has 0 saturated heterocycles. The van der Waals surface area contributed by atoms with E-state index in [1.807, 2.05) is 38.1 Å². The van der Waals surface area contributed by atoms with E-state index < -0.39 is 32.2 Å². The molecule has 0 aliphatic carbocycles. The molecule has 1 rings (SSSR count). The molecule has 0 amide bonds. The van der Waals surface area contributed by atoms with Crippen molar-refractivity contribution in [1.29, 1.82) is 0 Å². The third-order valence-corrected chi connectivity index (χ3v) is 7.26. The highest BCUT2D eigenvalue weighted by molar-refractivity contribution is 7.90. The molecule has 0 aromatic heterocycles. The van der Waals surface area contributed by atoms with Crippen LogP contribution in [0.4, 0.5) is 0 Å². The van der Waals surface area contributed by atoms with Crippen LogP contribution in [0, 0.1) is 0 Å². The summed E-state index contributed by atoms with van der Waals surface area (Å²) in [4.78, 5) is 11.2. The number of carboxylic acids is 1. The summed E-state index contributed by atoms with van der Waals surface area (Å²) in [6.07, 6.45) is 0.487. The van der Waals surface area contributed by atoms with Gasteiger partial charge in [-0.25, -0.2) is 22.1 Å². The Morgan fingerprint density at radius 3 is 2.22 bits per heavy atom. The van der Waals surface area contributed by atoms with Gasteiger partial charge in [0, 0.05) is 24.3 Å². The second-order valence-electron chi connectivity index (χ2n) is 6.97. The predicted molar refractivity (Wildman–Crippen MR) is 108 cm³/mol. The number of sulfonamides is 1. The monoisotopic (exact) mass is 418 g/mol. The normalized spacial score (nSPS) is 14.4. The van der Waals surface area contributed by atoms with E-state index in [0.29, 0.717) is 19.5 Å². The molecule has 0 aliphatic rings. The summed E-state index contributed by atoms with van der Waals surface area (Å²) < 4.78 is 40.8. The molecule has 0 radical (unpaired) electrons. The fourth-order valence-corrected chi connectivity index (χ4v) is 3.75. The first-order chi connectivity index (χ1) is 12.5. The van der Waals surface area contributed by atoms with Crippen molar-refractivity contribution in [3.05, 3.63) is 35.4 Å². The summed E-state index contributed by atoms with van der Waals surface area (Å²) in [5.41, 5.74) is 1.80. The summed E-state index contributed by atoms with van der Waals surface area (Å²) in [5, 5.41) is 8.62. The van der Waals surface area contributed by atoms with E-state index in [-0.39, 0.29) is 17.6 Å². The van der Waals surface area contributed by atoms with Gasteiger partial charge in [0.2, 0.25) is 10.0 Å². The van der Waals surface area contributed by atoms with Crippen LogP contribution in [0.25, 0.3) is 0 Å². The molecule has 27 heavy (non-hydrogen) atoms. The van der Waals surface area contributed by atoms with E-state index in [4.69, 9.17) is 5.11 Å². The van der Waals surface area contributed by atoms with Crippen LogP contribution in [-0.4, -0.2) is 47.3 Å². The van der Waals surface area contributed by atoms with Crippen LogP contribution in [0.2, 0.25) is 0 Å². The van der Waals surface area contributed by atoms with Crippen molar-refractivity contribution < 1.29 is 22.5 Å². The third-order valence-electron chi connectivity index (χ3n) is 4.11. The zero-order valence-corrected chi connectivity index (χ0v) is 17.9. The van der Waals surface area contributed by atoms with Gasteiger partial charge < -0.3 is 5.11 Å². The maximum absolute atomic E-state index is 11.9. The average molecular weight is 419 g/mol. The van der Waals surface area contributed by atoms with Gasteiger partial charge in [-0.1, -0.05) is 24.3 Å². The van der Waals surface area contributed by atoms with Crippen LogP contribution >= 0.6 is 0 Å². The van der Waals surface area contributed by atoms with Gasteiger partial charge in [0.15, 0.2) is 0 Å². The Labute approximate surface area is 164 Å². The van der Waals surface area contributed by atoms with Gasteiger partial charge in [-0.2, -0.15) is 0 Å². The lowest BCUT2D eigenvalue weighted by Gasteiger charge is -2.17. The number of aliphatic carboxylic acids is 1. The van der Waals surface area contributed by atoms with Crippen LogP contribution in [0.5, 0.6) is 0 Å². The fourth-order valence-electron chi connectivity index (χ4n) is 2.33. The lowest BCUT2D eigenvalue weighted by atomic mass is 9.94. The minimum Gasteiger partial charge on any atom is -0.481 e. The first-order valence-electron chi connectivity index (χ1n) is 8.96. The second-order valence-corrected chi connectivity index (χ2v) is 11.1. The number of hydrogen-bond acceptors (Lipinski definition) is 4. The lowest BCUT2D eigenvalue weighted by molar-refractivity contribution is -0.137. The zero-order chi connectivity index (χ0) is 20.6. The molecule has 0 aliphatic heterocycles. The average Bonchev–Trinajstić information content (AvgIpc) is 2.58. The molecule has 0 bridgehead atoms. The van der Waals surface area contributed by atoms with Gasteiger partial charge in [0.05, 0.1) is 22.7 Å². The first kappa shape index (κ1) is 23.7. The highest BCUT2D eigenvalue weighted by Crippen LogP contribution is 2.20. The minimum atomic E-state index is -3.28. The van der Waals surface area contributed by atoms with Gasteiger partial charge in [-0.05, 0) is 45.2 Å². The fraction of sp³-hybridized carbons (Fsp3) is 0.611. The van der Waals surface area contributed by atoms with Crippen LogP contribution < -0.4 is 9.44 Å². The SMILES string of the molecule is CC(C)S(=O)NCC(CC(=O)O)c1ccc(CCNS(=O)(=O)C(C)C)cc1. The first-order valence-corrected chi connectivity index (χ1v) is 11.7. The molecule has 1 aromatic carbocycles. The molecule has 154 valence electrons. The molecule has 9 heteroatoms. The van der Waals surface area contributed by atoms with E-state index in [1.165, 1.54) is 0 Å². The molecule has 1 aromatic rings. The van der Waals surface area contributed by atoms with Crippen molar-refractivity contribution in [3.63, 3.8) is 0 Å². The lowest BCUT2D eigenvalue weighted by Crippen LogP contribution is -2.32. The molecule has 0 saturated carbocycles. The standard InChI is InChI=1S/C18H30N2O5S2/c1-13(2)26(23)19-12-17(11-18(21)22)16-7-5-15(6-8-16)9-10-20-27(24,25)14(3)4/h5-8,13-14,17,19-20H,9-12H2,1-4H3,(H,21,22). The molecule has 2 unspecified atom stereocenters. The minimum absolute atomic E-state index is 0.0486. The molecule has 0 spiro atoms. The third kappa shape index (κ3) is 8.50. The van der Waals surface area contributed by atoms with E-state index in [2.05, 4.69) is 9.44 Å². The highest BCUT2D eigenvalue weighted by Gasteiger charge is 2.18. The van der Waals surface area contributed by atoms with Gasteiger partial charge in [0.1, 0.15) is 0 Å². The van der Waals surface area contributed by atoms with Gasteiger partial charge >= 0.3 is 5.97 Å². The van der Waals surface area contributed by atoms with E-state index in [1.54, 1.807) is 13.8 Å². The van der Waals surface area contributed by atoms with Gasteiger partial charge in [0.25, 0.3) is 0 Å². The summed E-state index contributed by atoms with van der Waals surface area (Å²) in [5.74, 6) is -1.21. The molecule has 0 heterocycles. The topological polar surface area (TPSA) is 113 Å². The molecule has 3 N–H and O–H groups in total. The van der Waals surface area contributed by atoms with Crippen molar-refractivity contribution in [3.8, 4) is 0 Å².